The first-order valence-corrected chi connectivity index (χ1v) is 6.03. The van der Waals surface area contributed by atoms with Gasteiger partial charge in [0.1, 0.15) is 12.0 Å². The van der Waals surface area contributed by atoms with Crippen molar-refractivity contribution in [2.45, 2.75) is 6.92 Å². The summed E-state index contributed by atoms with van der Waals surface area (Å²) in [6.07, 6.45) is 0.688. The Morgan fingerprint density at radius 3 is 2.38 bits per heavy atom. The summed E-state index contributed by atoms with van der Waals surface area (Å²) < 4.78 is 5.44. The van der Waals surface area contributed by atoms with Crippen LogP contribution in [0.3, 0.4) is 0 Å². The second-order valence-corrected chi connectivity index (χ2v) is 4.28. The Balaban J connectivity index is 2.36. The van der Waals surface area contributed by atoms with E-state index in [0.717, 1.165) is 0 Å². The van der Waals surface area contributed by atoms with E-state index in [1.54, 1.807) is 0 Å². The standard InChI is InChI=1S/C15H11NO5/c1-10(18)12-4-7-15(14(8-12)16(19)20)21-13-5-2-11(9-17)3-6-13/h2-9H,1H3. The van der Waals surface area contributed by atoms with Gasteiger partial charge in [0, 0.05) is 17.2 Å². The number of nitro groups is 1. The molecule has 2 aromatic rings. The Morgan fingerprint density at radius 1 is 1.19 bits per heavy atom. The molecule has 0 atom stereocenters. The van der Waals surface area contributed by atoms with Crippen molar-refractivity contribution in [2.24, 2.45) is 0 Å². The average molecular weight is 285 g/mol. The van der Waals surface area contributed by atoms with E-state index in [1.807, 2.05) is 0 Å². The van der Waals surface area contributed by atoms with Crippen molar-refractivity contribution in [1.29, 1.82) is 0 Å². The van der Waals surface area contributed by atoms with Crippen molar-refractivity contribution >= 4 is 17.8 Å². The number of carbonyl (C=O) groups excluding carboxylic acids is 2. The van der Waals surface area contributed by atoms with Crippen molar-refractivity contribution in [3.63, 3.8) is 0 Å². The molecule has 6 heteroatoms. The Hall–Kier alpha value is -3.02. The van der Waals surface area contributed by atoms with E-state index < -0.39 is 4.92 Å². The Morgan fingerprint density at radius 2 is 1.86 bits per heavy atom. The van der Waals surface area contributed by atoms with Crippen LogP contribution in [0.1, 0.15) is 27.6 Å². The number of aldehydes is 1. The number of nitro benzene ring substituents is 1. The molecule has 106 valence electrons. The molecule has 0 aliphatic rings. The number of Topliss-reactive ketones (excluding diaryl/α,β-unsaturated/α-hetero) is 1. The van der Waals surface area contributed by atoms with Crippen LogP contribution in [-0.4, -0.2) is 17.0 Å². The summed E-state index contributed by atoms with van der Waals surface area (Å²) in [6, 6.07) is 10.2. The SMILES string of the molecule is CC(=O)c1ccc(Oc2ccc(C=O)cc2)c([N+](=O)[O-])c1. The van der Waals surface area contributed by atoms with Gasteiger partial charge in [-0.2, -0.15) is 0 Å². The maximum absolute atomic E-state index is 11.3. The number of hydrogen-bond acceptors (Lipinski definition) is 5. The molecule has 0 aliphatic carbocycles. The molecule has 2 rings (SSSR count). The highest BCUT2D eigenvalue weighted by Crippen LogP contribution is 2.32. The molecule has 6 nitrogen and oxygen atoms in total. The lowest BCUT2D eigenvalue weighted by Gasteiger charge is -2.07. The van der Waals surface area contributed by atoms with Crippen molar-refractivity contribution in [3.05, 3.63) is 63.7 Å². The summed E-state index contributed by atoms with van der Waals surface area (Å²) >= 11 is 0. The van der Waals surface area contributed by atoms with E-state index in [4.69, 9.17) is 4.74 Å². The number of carbonyl (C=O) groups is 2. The first kappa shape index (κ1) is 14.4. The highest BCUT2D eigenvalue weighted by Gasteiger charge is 2.18. The molecular weight excluding hydrogens is 274 g/mol. The molecule has 0 amide bonds. The summed E-state index contributed by atoms with van der Waals surface area (Å²) in [5, 5.41) is 11.1. The summed E-state index contributed by atoms with van der Waals surface area (Å²) in [5.74, 6) is 0.128. The van der Waals surface area contributed by atoms with Gasteiger partial charge in [-0.25, -0.2) is 0 Å². The van der Waals surface area contributed by atoms with Crippen LogP contribution in [0.4, 0.5) is 5.69 Å². The van der Waals surface area contributed by atoms with Crippen LogP contribution in [0, 0.1) is 10.1 Å². The first-order valence-electron chi connectivity index (χ1n) is 6.03. The molecule has 0 radical (unpaired) electrons. The number of nitrogens with zero attached hydrogens (tertiary/aromatic N) is 1. The number of hydrogen-bond donors (Lipinski definition) is 0. The van der Waals surface area contributed by atoms with Gasteiger partial charge in [0.25, 0.3) is 0 Å². The van der Waals surface area contributed by atoms with Gasteiger partial charge >= 0.3 is 5.69 Å². The summed E-state index contributed by atoms with van der Waals surface area (Å²) in [6.45, 7) is 1.33. The van der Waals surface area contributed by atoms with Gasteiger partial charge in [-0.05, 0) is 43.3 Å². The normalized spacial score (nSPS) is 9.95. The van der Waals surface area contributed by atoms with Crippen LogP contribution in [0.2, 0.25) is 0 Å². The molecule has 0 heterocycles. The van der Waals surface area contributed by atoms with E-state index in [1.165, 1.54) is 49.4 Å². The van der Waals surface area contributed by atoms with Crippen LogP contribution >= 0.6 is 0 Å². The monoisotopic (exact) mass is 285 g/mol. The second-order valence-electron chi connectivity index (χ2n) is 4.28. The van der Waals surface area contributed by atoms with E-state index in [9.17, 15) is 19.7 Å². The Kier molecular flexibility index (Phi) is 4.08. The van der Waals surface area contributed by atoms with Crippen molar-refractivity contribution in [3.8, 4) is 11.5 Å². The molecule has 0 saturated heterocycles. The molecule has 0 fully saturated rings. The fourth-order valence-electron chi connectivity index (χ4n) is 1.71. The fourth-order valence-corrected chi connectivity index (χ4v) is 1.71. The molecule has 0 N–H and O–H groups in total. The molecule has 0 bridgehead atoms. The third-order valence-corrected chi connectivity index (χ3v) is 2.81. The first-order chi connectivity index (χ1) is 10.0. The quantitative estimate of drug-likeness (QED) is 0.363. The molecule has 0 spiro atoms. The van der Waals surface area contributed by atoms with E-state index in [2.05, 4.69) is 0 Å². The molecule has 21 heavy (non-hydrogen) atoms. The maximum atomic E-state index is 11.3. The summed E-state index contributed by atoms with van der Waals surface area (Å²) in [5.41, 5.74) is 0.427. The van der Waals surface area contributed by atoms with Gasteiger partial charge < -0.3 is 4.74 Å². The minimum Gasteiger partial charge on any atom is -0.450 e. The smallest absolute Gasteiger partial charge is 0.312 e. The Bertz CT molecular complexity index is 707. The molecule has 0 unspecified atom stereocenters. The number of rotatable bonds is 5. The van der Waals surface area contributed by atoms with Gasteiger partial charge in [-0.3, -0.25) is 19.7 Å². The van der Waals surface area contributed by atoms with E-state index in [0.29, 0.717) is 17.6 Å². The lowest BCUT2D eigenvalue weighted by atomic mass is 10.1. The molecule has 2 aromatic carbocycles. The van der Waals surface area contributed by atoms with E-state index in [-0.39, 0.29) is 22.8 Å². The zero-order valence-corrected chi connectivity index (χ0v) is 11.1. The van der Waals surface area contributed by atoms with Crippen LogP contribution in [0.5, 0.6) is 11.5 Å². The summed E-state index contributed by atoms with van der Waals surface area (Å²) in [7, 11) is 0. The predicted octanol–water partition coefficient (Wildman–Crippen LogP) is 3.40. The highest BCUT2D eigenvalue weighted by atomic mass is 16.6. The highest BCUT2D eigenvalue weighted by molar-refractivity contribution is 5.95. The second kappa shape index (κ2) is 5.96. The third-order valence-electron chi connectivity index (χ3n) is 2.81. The zero-order chi connectivity index (χ0) is 15.4. The fraction of sp³-hybridized carbons (Fsp3) is 0.0667. The minimum absolute atomic E-state index is 0.0313. The van der Waals surface area contributed by atoms with Crippen LogP contribution < -0.4 is 4.74 Å². The lowest BCUT2D eigenvalue weighted by Crippen LogP contribution is -1.98. The third kappa shape index (κ3) is 3.30. The number of ketones is 1. The van der Waals surface area contributed by atoms with Gasteiger partial charge in [-0.15, -0.1) is 0 Å². The van der Waals surface area contributed by atoms with Crippen LogP contribution in [0.25, 0.3) is 0 Å². The van der Waals surface area contributed by atoms with Crippen LogP contribution in [-0.2, 0) is 0 Å². The zero-order valence-electron chi connectivity index (χ0n) is 11.1. The van der Waals surface area contributed by atoms with Gasteiger partial charge in [-0.1, -0.05) is 0 Å². The van der Waals surface area contributed by atoms with Crippen LogP contribution in [0.15, 0.2) is 42.5 Å². The van der Waals surface area contributed by atoms with E-state index >= 15 is 0 Å². The predicted molar refractivity (Wildman–Crippen MR) is 75.0 cm³/mol. The Labute approximate surface area is 120 Å². The van der Waals surface area contributed by atoms with Crippen molar-refractivity contribution in [2.75, 3.05) is 0 Å². The molecular formula is C15H11NO5. The maximum Gasteiger partial charge on any atom is 0.312 e. The molecule has 0 aliphatic heterocycles. The van der Waals surface area contributed by atoms with Gasteiger partial charge in [0.15, 0.2) is 5.78 Å². The molecule has 0 aromatic heterocycles. The number of ether oxygens (including phenoxy) is 1. The lowest BCUT2D eigenvalue weighted by molar-refractivity contribution is -0.385. The minimum atomic E-state index is -0.610. The van der Waals surface area contributed by atoms with Gasteiger partial charge in [0.2, 0.25) is 5.75 Å². The van der Waals surface area contributed by atoms with Crippen molar-refractivity contribution < 1.29 is 19.2 Å². The number of benzene rings is 2. The molecule has 0 saturated carbocycles. The average Bonchev–Trinajstić information content (AvgIpc) is 2.48. The summed E-state index contributed by atoms with van der Waals surface area (Å²) in [4.78, 5) is 32.3. The van der Waals surface area contributed by atoms with Crippen molar-refractivity contribution in [1.82, 2.24) is 0 Å². The topological polar surface area (TPSA) is 86.5 Å². The largest absolute Gasteiger partial charge is 0.450 e. The van der Waals surface area contributed by atoms with Gasteiger partial charge in [0.05, 0.1) is 4.92 Å².